The lowest BCUT2D eigenvalue weighted by Gasteiger charge is -2.10. The van der Waals surface area contributed by atoms with Gasteiger partial charge in [0.2, 0.25) is 0 Å². The summed E-state index contributed by atoms with van der Waals surface area (Å²) in [5.74, 6) is 0. The molecule has 0 aliphatic heterocycles. The van der Waals surface area contributed by atoms with Crippen LogP contribution in [0.1, 0.15) is 0 Å². The molecule has 6 rings (SSSR count). The smallest absolute Gasteiger partial charge is 0.0547 e. The van der Waals surface area contributed by atoms with Crippen LogP contribution in [-0.4, -0.2) is 4.57 Å². The molecule has 0 aliphatic rings. The number of rotatable bonds is 2. The third-order valence-electron chi connectivity index (χ3n) is 5.79. The van der Waals surface area contributed by atoms with Crippen molar-refractivity contribution >= 4 is 32.6 Å². The molecule has 1 aromatic heterocycles. The molecule has 0 N–H and O–H groups in total. The average Bonchev–Trinajstić information content (AvgIpc) is 3.14. The van der Waals surface area contributed by atoms with Crippen molar-refractivity contribution in [2.75, 3.05) is 0 Å². The van der Waals surface area contributed by atoms with Crippen LogP contribution in [0.15, 0.2) is 115 Å². The van der Waals surface area contributed by atoms with Gasteiger partial charge in [-0.1, -0.05) is 91.0 Å². The largest absolute Gasteiger partial charge is 0.309 e. The van der Waals surface area contributed by atoms with Crippen molar-refractivity contribution in [3.8, 4) is 16.8 Å². The molecule has 1 heterocycles. The minimum Gasteiger partial charge on any atom is -0.309 e. The lowest BCUT2D eigenvalue weighted by Crippen LogP contribution is -1.92. The number of para-hydroxylation sites is 2. The number of aromatic nitrogens is 1. The molecule has 0 amide bonds. The number of nitrogens with zero attached hydrogens (tertiary/aromatic N) is 1. The normalized spacial score (nSPS) is 11.4. The second-order valence-electron chi connectivity index (χ2n) is 7.41. The van der Waals surface area contributed by atoms with E-state index >= 15 is 0 Å². The molecule has 1 nitrogen and oxygen atoms in total. The first-order valence-electron chi connectivity index (χ1n) is 9.97. The van der Waals surface area contributed by atoms with Crippen LogP contribution in [0, 0.1) is 0 Å². The fourth-order valence-corrected chi connectivity index (χ4v) is 4.56. The van der Waals surface area contributed by atoms with Crippen molar-refractivity contribution in [1.29, 1.82) is 0 Å². The minimum absolute atomic E-state index is 1.19. The standard InChI is InChI=1S/C28H19N/c1-2-12-21(13-3-1)29-26-18-7-6-15-25(26)28-24(17-9-19-27(28)29)23-16-8-11-20-10-4-5-14-22(20)23/h1-19H. The van der Waals surface area contributed by atoms with Gasteiger partial charge >= 0.3 is 0 Å². The van der Waals surface area contributed by atoms with E-state index in [2.05, 4.69) is 120 Å². The van der Waals surface area contributed by atoms with Gasteiger partial charge in [-0.25, -0.2) is 0 Å². The molecule has 0 atom stereocenters. The van der Waals surface area contributed by atoms with Crippen LogP contribution in [0.25, 0.3) is 49.4 Å². The summed E-state index contributed by atoms with van der Waals surface area (Å²) in [5, 5.41) is 5.16. The summed E-state index contributed by atoms with van der Waals surface area (Å²) in [7, 11) is 0. The summed E-state index contributed by atoms with van der Waals surface area (Å²) in [6.07, 6.45) is 0. The lowest BCUT2D eigenvalue weighted by atomic mass is 9.95. The van der Waals surface area contributed by atoms with E-state index in [9.17, 15) is 0 Å². The summed E-state index contributed by atoms with van der Waals surface area (Å²) < 4.78 is 2.37. The Bertz CT molecular complexity index is 1480. The first-order chi connectivity index (χ1) is 14.4. The number of fused-ring (bicyclic) bond motifs is 4. The zero-order valence-electron chi connectivity index (χ0n) is 15.9. The Kier molecular flexibility index (Phi) is 3.54. The van der Waals surface area contributed by atoms with E-state index in [1.54, 1.807) is 0 Å². The van der Waals surface area contributed by atoms with Crippen LogP contribution < -0.4 is 0 Å². The molecule has 136 valence electrons. The van der Waals surface area contributed by atoms with Gasteiger partial charge in [-0.15, -0.1) is 0 Å². The summed E-state index contributed by atoms with van der Waals surface area (Å²) in [4.78, 5) is 0. The Morgan fingerprint density at radius 2 is 1.03 bits per heavy atom. The predicted molar refractivity (Wildman–Crippen MR) is 124 cm³/mol. The van der Waals surface area contributed by atoms with Crippen molar-refractivity contribution in [2.45, 2.75) is 0 Å². The zero-order valence-corrected chi connectivity index (χ0v) is 15.9. The minimum atomic E-state index is 1.19. The Hall–Kier alpha value is -3.84. The molecular formula is C28H19N. The molecule has 0 aliphatic carbocycles. The fraction of sp³-hybridized carbons (Fsp3) is 0. The highest BCUT2D eigenvalue weighted by Gasteiger charge is 2.16. The van der Waals surface area contributed by atoms with Crippen LogP contribution in [0.3, 0.4) is 0 Å². The molecule has 0 radical (unpaired) electrons. The quantitative estimate of drug-likeness (QED) is 0.296. The van der Waals surface area contributed by atoms with Crippen LogP contribution in [-0.2, 0) is 0 Å². The maximum absolute atomic E-state index is 2.37. The predicted octanol–water partition coefficient (Wildman–Crippen LogP) is 7.60. The number of benzene rings is 5. The Morgan fingerprint density at radius 1 is 0.414 bits per heavy atom. The topological polar surface area (TPSA) is 4.93 Å². The second-order valence-corrected chi connectivity index (χ2v) is 7.41. The molecule has 0 saturated heterocycles. The molecule has 0 spiro atoms. The summed E-state index contributed by atoms with van der Waals surface area (Å²) >= 11 is 0. The van der Waals surface area contributed by atoms with E-state index in [-0.39, 0.29) is 0 Å². The highest BCUT2D eigenvalue weighted by Crippen LogP contribution is 2.40. The van der Waals surface area contributed by atoms with E-state index in [0.29, 0.717) is 0 Å². The molecule has 5 aromatic carbocycles. The molecule has 0 saturated carbocycles. The van der Waals surface area contributed by atoms with Gasteiger partial charge in [-0.2, -0.15) is 0 Å². The first kappa shape index (κ1) is 16.1. The maximum Gasteiger partial charge on any atom is 0.0547 e. The van der Waals surface area contributed by atoms with Gasteiger partial charge in [0.15, 0.2) is 0 Å². The van der Waals surface area contributed by atoms with E-state index in [1.807, 2.05) is 0 Å². The second kappa shape index (κ2) is 6.35. The summed E-state index contributed by atoms with van der Waals surface area (Å²) in [5.41, 5.74) is 6.23. The molecule has 0 unspecified atom stereocenters. The molecule has 0 bridgehead atoms. The first-order valence-corrected chi connectivity index (χ1v) is 9.97. The molecule has 0 fully saturated rings. The zero-order chi connectivity index (χ0) is 19.2. The van der Waals surface area contributed by atoms with Crippen molar-refractivity contribution in [1.82, 2.24) is 4.57 Å². The molecular weight excluding hydrogens is 350 g/mol. The Morgan fingerprint density at radius 3 is 1.93 bits per heavy atom. The third-order valence-corrected chi connectivity index (χ3v) is 5.79. The van der Waals surface area contributed by atoms with Gasteiger partial charge < -0.3 is 4.57 Å². The average molecular weight is 369 g/mol. The Balaban J connectivity index is 1.79. The monoisotopic (exact) mass is 369 g/mol. The van der Waals surface area contributed by atoms with E-state index in [4.69, 9.17) is 0 Å². The highest BCUT2D eigenvalue weighted by molar-refractivity contribution is 6.17. The highest BCUT2D eigenvalue weighted by atomic mass is 15.0. The van der Waals surface area contributed by atoms with Crippen molar-refractivity contribution in [3.05, 3.63) is 115 Å². The van der Waals surface area contributed by atoms with Crippen LogP contribution >= 0.6 is 0 Å². The van der Waals surface area contributed by atoms with E-state index < -0.39 is 0 Å². The van der Waals surface area contributed by atoms with Gasteiger partial charge in [0.05, 0.1) is 11.0 Å². The van der Waals surface area contributed by atoms with Crippen LogP contribution in [0.5, 0.6) is 0 Å². The van der Waals surface area contributed by atoms with Gasteiger partial charge in [-0.3, -0.25) is 0 Å². The fourth-order valence-electron chi connectivity index (χ4n) is 4.56. The molecule has 6 aromatic rings. The maximum atomic E-state index is 2.37. The summed E-state index contributed by atoms with van der Waals surface area (Å²) in [6, 6.07) is 41.2. The van der Waals surface area contributed by atoms with Gasteiger partial charge in [-0.05, 0) is 46.2 Å². The van der Waals surface area contributed by atoms with Crippen molar-refractivity contribution < 1.29 is 0 Å². The lowest BCUT2D eigenvalue weighted by molar-refractivity contribution is 1.18. The number of hydrogen-bond acceptors (Lipinski definition) is 0. The van der Waals surface area contributed by atoms with Gasteiger partial charge in [0.25, 0.3) is 0 Å². The summed E-state index contributed by atoms with van der Waals surface area (Å²) in [6.45, 7) is 0. The molecule has 1 heteroatoms. The third kappa shape index (κ3) is 2.41. The number of hydrogen-bond donors (Lipinski definition) is 0. The van der Waals surface area contributed by atoms with E-state index in [0.717, 1.165) is 0 Å². The van der Waals surface area contributed by atoms with Gasteiger partial charge in [0, 0.05) is 16.5 Å². The Labute approximate surface area is 169 Å². The molecule has 29 heavy (non-hydrogen) atoms. The SMILES string of the molecule is c1ccc(-n2c3ccccc3c3c(-c4cccc5ccccc45)cccc32)cc1. The van der Waals surface area contributed by atoms with Crippen LogP contribution in [0.2, 0.25) is 0 Å². The van der Waals surface area contributed by atoms with Crippen molar-refractivity contribution in [2.24, 2.45) is 0 Å². The van der Waals surface area contributed by atoms with Gasteiger partial charge in [0.1, 0.15) is 0 Å². The van der Waals surface area contributed by atoms with Crippen molar-refractivity contribution in [3.63, 3.8) is 0 Å². The van der Waals surface area contributed by atoms with Crippen LogP contribution in [0.4, 0.5) is 0 Å². The van der Waals surface area contributed by atoms with E-state index in [1.165, 1.54) is 49.4 Å².